The van der Waals surface area contributed by atoms with Gasteiger partial charge in [-0.1, -0.05) is 23.4 Å². The number of hydrogen-bond donors (Lipinski definition) is 1. The summed E-state index contributed by atoms with van der Waals surface area (Å²) in [5, 5.41) is 12.0. The summed E-state index contributed by atoms with van der Waals surface area (Å²) in [4.78, 5) is 14.7. The molecular formula is C21H23ClN4O4S. The predicted octanol–water partition coefficient (Wildman–Crippen LogP) is 3.57. The van der Waals surface area contributed by atoms with Crippen molar-refractivity contribution in [3.05, 3.63) is 52.9 Å². The number of nitrogens with one attached hydrogen (secondary N) is 1. The second-order valence-electron chi connectivity index (χ2n) is 7.09. The molecular weight excluding hydrogens is 440 g/mol. The Bertz CT molecular complexity index is 1000. The molecule has 0 bridgehead atoms. The summed E-state index contributed by atoms with van der Waals surface area (Å²) in [6.07, 6.45) is 0. The maximum Gasteiger partial charge on any atom is 0.277 e. The van der Waals surface area contributed by atoms with Crippen LogP contribution in [-0.2, 0) is 9.53 Å². The molecule has 0 radical (unpaired) electrons. The summed E-state index contributed by atoms with van der Waals surface area (Å²) >= 11 is 7.10. The van der Waals surface area contributed by atoms with E-state index in [4.69, 9.17) is 25.2 Å². The van der Waals surface area contributed by atoms with Crippen LogP contribution in [0, 0.1) is 6.92 Å². The lowest BCUT2D eigenvalue weighted by Gasteiger charge is -2.33. The molecule has 1 aliphatic rings. The highest BCUT2D eigenvalue weighted by atomic mass is 35.5. The van der Waals surface area contributed by atoms with Crippen LogP contribution in [0.2, 0.25) is 5.02 Å². The van der Waals surface area contributed by atoms with Gasteiger partial charge in [0, 0.05) is 30.2 Å². The highest BCUT2D eigenvalue weighted by molar-refractivity contribution is 7.99. The molecule has 31 heavy (non-hydrogen) atoms. The number of carbonyl (C=O) groups excluding carboxylic acids is 1. The van der Waals surface area contributed by atoms with E-state index in [1.807, 2.05) is 19.1 Å². The molecule has 0 spiro atoms. The van der Waals surface area contributed by atoms with Crippen LogP contribution in [0.25, 0.3) is 11.5 Å². The Morgan fingerprint density at radius 1 is 1.16 bits per heavy atom. The van der Waals surface area contributed by atoms with Crippen molar-refractivity contribution < 1.29 is 18.4 Å². The van der Waals surface area contributed by atoms with Gasteiger partial charge < -0.3 is 18.9 Å². The Labute approximate surface area is 189 Å². The maximum absolute atomic E-state index is 12.4. The zero-order chi connectivity index (χ0) is 21.6. The summed E-state index contributed by atoms with van der Waals surface area (Å²) in [6.45, 7) is 5.30. The highest BCUT2D eigenvalue weighted by Gasteiger charge is 2.25. The van der Waals surface area contributed by atoms with E-state index in [2.05, 4.69) is 20.4 Å². The molecule has 1 fully saturated rings. The first-order chi connectivity index (χ1) is 15.1. The molecule has 1 aliphatic heterocycles. The van der Waals surface area contributed by atoms with Crippen LogP contribution in [0.1, 0.15) is 17.6 Å². The zero-order valence-electron chi connectivity index (χ0n) is 17.0. The van der Waals surface area contributed by atoms with Crippen molar-refractivity contribution in [3.8, 4) is 11.5 Å². The van der Waals surface area contributed by atoms with Gasteiger partial charge in [0.15, 0.2) is 0 Å². The number of rotatable bonds is 8. The Morgan fingerprint density at radius 2 is 1.94 bits per heavy atom. The van der Waals surface area contributed by atoms with Gasteiger partial charge in [0.1, 0.15) is 11.5 Å². The Hall–Kier alpha value is -2.33. The highest BCUT2D eigenvalue weighted by Crippen LogP contribution is 2.25. The number of hydrogen-bond acceptors (Lipinski definition) is 8. The molecule has 1 saturated heterocycles. The van der Waals surface area contributed by atoms with Crippen LogP contribution < -0.4 is 5.32 Å². The van der Waals surface area contributed by atoms with E-state index in [9.17, 15) is 4.79 Å². The van der Waals surface area contributed by atoms with Crippen molar-refractivity contribution in [2.75, 3.05) is 38.6 Å². The Balaban J connectivity index is 1.31. The number of aromatic nitrogens is 2. The number of thioether (sulfide) groups is 1. The van der Waals surface area contributed by atoms with Gasteiger partial charge in [-0.2, -0.15) is 0 Å². The van der Waals surface area contributed by atoms with Crippen molar-refractivity contribution in [2.45, 2.75) is 18.2 Å². The molecule has 4 rings (SSSR count). The summed E-state index contributed by atoms with van der Waals surface area (Å²) in [5.74, 6) is 2.15. The van der Waals surface area contributed by atoms with Gasteiger partial charge >= 0.3 is 0 Å². The molecule has 8 nitrogen and oxygen atoms in total. The molecule has 0 saturated carbocycles. The number of carbonyl (C=O) groups is 1. The van der Waals surface area contributed by atoms with Crippen molar-refractivity contribution in [1.82, 2.24) is 20.4 Å². The molecule has 1 amide bonds. The van der Waals surface area contributed by atoms with Crippen LogP contribution in [0.15, 0.2) is 50.5 Å². The van der Waals surface area contributed by atoms with Crippen LogP contribution in [0.4, 0.5) is 0 Å². The fourth-order valence-electron chi connectivity index (χ4n) is 3.30. The van der Waals surface area contributed by atoms with Crippen molar-refractivity contribution in [3.63, 3.8) is 0 Å². The third kappa shape index (κ3) is 5.88. The minimum Gasteiger partial charge on any atom is -0.465 e. The number of halogens is 1. The normalized spacial score (nSPS) is 15.7. The second-order valence-corrected chi connectivity index (χ2v) is 8.45. The molecule has 3 aromatic rings. The summed E-state index contributed by atoms with van der Waals surface area (Å²) < 4.78 is 16.9. The van der Waals surface area contributed by atoms with Gasteiger partial charge in [0.25, 0.3) is 5.22 Å². The Morgan fingerprint density at radius 3 is 2.65 bits per heavy atom. The fourth-order valence-corrected chi connectivity index (χ4v) is 4.02. The minimum atomic E-state index is -0.113. The molecule has 1 N–H and O–H groups in total. The largest absolute Gasteiger partial charge is 0.465 e. The lowest BCUT2D eigenvalue weighted by Crippen LogP contribution is -2.44. The van der Waals surface area contributed by atoms with Crippen LogP contribution in [-0.4, -0.2) is 59.6 Å². The van der Waals surface area contributed by atoms with Gasteiger partial charge in [-0.25, -0.2) is 0 Å². The van der Waals surface area contributed by atoms with Gasteiger partial charge in [0.05, 0.1) is 25.0 Å². The average Bonchev–Trinajstić information content (AvgIpc) is 3.43. The minimum absolute atomic E-state index is 0.0357. The molecule has 164 valence electrons. The molecule has 1 atom stereocenters. The van der Waals surface area contributed by atoms with Gasteiger partial charge in [-0.15, -0.1) is 10.2 Å². The first-order valence-electron chi connectivity index (χ1n) is 9.95. The quantitative estimate of drug-likeness (QED) is 0.508. The summed E-state index contributed by atoms with van der Waals surface area (Å²) in [6, 6.07) is 11.0. The number of furan rings is 1. The summed E-state index contributed by atoms with van der Waals surface area (Å²) in [5.41, 5.74) is 0.773. The number of ether oxygens (including phenoxy) is 1. The number of amides is 1. The first kappa shape index (κ1) is 21.9. The molecule has 0 aliphatic carbocycles. The molecule has 1 aromatic carbocycles. The topological polar surface area (TPSA) is 93.6 Å². The number of nitrogens with zero attached hydrogens (tertiary/aromatic N) is 3. The SMILES string of the molecule is Cc1ccc(C(CNC(=O)CSc2nnc(-c3ccc(Cl)cc3)o2)N2CCOCC2)o1. The lowest BCUT2D eigenvalue weighted by molar-refractivity contribution is -0.119. The van der Waals surface area contributed by atoms with E-state index in [1.165, 1.54) is 11.8 Å². The number of morpholine rings is 1. The third-order valence-corrected chi connectivity index (χ3v) is 5.96. The van der Waals surface area contributed by atoms with Crippen molar-refractivity contribution in [2.24, 2.45) is 0 Å². The van der Waals surface area contributed by atoms with E-state index in [-0.39, 0.29) is 17.7 Å². The smallest absolute Gasteiger partial charge is 0.277 e. The predicted molar refractivity (Wildman–Crippen MR) is 117 cm³/mol. The monoisotopic (exact) mass is 462 g/mol. The Kier molecular flexibility index (Phi) is 7.29. The standard InChI is InChI=1S/C21H23ClN4O4S/c1-14-2-7-18(29-14)17(26-8-10-28-11-9-26)12-23-19(27)13-31-21-25-24-20(30-21)15-3-5-16(22)6-4-15/h2-7,17H,8-13H2,1H3,(H,23,27). The first-order valence-corrected chi connectivity index (χ1v) is 11.3. The molecule has 1 unspecified atom stereocenters. The van der Waals surface area contributed by atoms with Gasteiger partial charge in [-0.05, 0) is 43.3 Å². The fraction of sp³-hybridized carbons (Fsp3) is 0.381. The van der Waals surface area contributed by atoms with Crippen LogP contribution in [0.3, 0.4) is 0 Å². The average molecular weight is 463 g/mol. The number of aryl methyl sites for hydroxylation is 1. The van der Waals surface area contributed by atoms with E-state index in [0.717, 1.165) is 30.2 Å². The van der Waals surface area contributed by atoms with Crippen molar-refractivity contribution in [1.29, 1.82) is 0 Å². The van der Waals surface area contributed by atoms with Crippen molar-refractivity contribution >= 4 is 29.3 Å². The molecule has 10 heteroatoms. The van der Waals surface area contributed by atoms with Gasteiger partial charge in [-0.3, -0.25) is 9.69 Å². The van der Waals surface area contributed by atoms with E-state index in [1.54, 1.807) is 24.3 Å². The van der Waals surface area contributed by atoms with E-state index in [0.29, 0.717) is 35.9 Å². The maximum atomic E-state index is 12.4. The molecule has 2 aromatic heterocycles. The van der Waals surface area contributed by atoms with E-state index >= 15 is 0 Å². The third-order valence-electron chi connectivity index (χ3n) is 4.89. The lowest BCUT2D eigenvalue weighted by atomic mass is 10.1. The van der Waals surface area contributed by atoms with Crippen LogP contribution in [0.5, 0.6) is 0 Å². The van der Waals surface area contributed by atoms with Crippen LogP contribution >= 0.6 is 23.4 Å². The van der Waals surface area contributed by atoms with E-state index < -0.39 is 0 Å². The molecule has 3 heterocycles. The summed E-state index contributed by atoms with van der Waals surface area (Å²) in [7, 11) is 0. The second kappa shape index (κ2) is 10.3. The van der Waals surface area contributed by atoms with Gasteiger partial charge in [0.2, 0.25) is 11.8 Å². The zero-order valence-corrected chi connectivity index (χ0v) is 18.6. The number of benzene rings is 1.